The van der Waals surface area contributed by atoms with Gasteiger partial charge < -0.3 is 10.4 Å². The topological polar surface area (TPSA) is 49.3 Å². The van der Waals surface area contributed by atoms with Crippen molar-refractivity contribution in [3.8, 4) is 0 Å². The molecule has 2 rings (SSSR count). The monoisotopic (exact) mass is 275 g/mol. The van der Waals surface area contributed by atoms with Gasteiger partial charge in [-0.3, -0.25) is 4.79 Å². The second-order valence-corrected chi connectivity index (χ2v) is 5.74. The van der Waals surface area contributed by atoms with Crippen LogP contribution in [0, 0.1) is 0 Å². The molecule has 1 aliphatic carbocycles. The molecule has 0 atom stereocenters. The summed E-state index contributed by atoms with van der Waals surface area (Å²) in [6, 6.07) is 8.76. The Labute approximate surface area is 121 Å². The highest BCUT2D eigenvalue weighted by Gasteiger charge is 2.20. The Morgan fingerprint density at radius 1 is 1.15 bits per heavy atom. The number of rotatable bonds is 5. The van der Waals surface area contributed by atoms with Gasteiger partial charge in [0.1, 0.15) is 0 Å². The van der Waals surface area contributed by atoms with Crippen LogP contribution in [0.1, 0.15) is 50.2 Å². The molecule has 0 spiro atoms. The highest BCUT2D eigenvalue weighted by molar-refractivity contribution is 5.76. The summed E-state index contributed by atoms with van der Waals surface area (Å²) in [5.74, 6) is 0.131. The van der Waals surface area contributed by atoms with Crippen LogP contribution < -0.4 is 5.32 Å². The average molecular weight is 275 g/mol. The lowest BCUT2D eigenvalue weighted by Crippen LogP contribution is -2.38. The second kappa shape index (κ2) is 7.44. The quantitative estimate of drug-likeness (QED) is 0.868. The number of carbonyl (C=O) groups is 1. The fourth-order valence-corrected chi connectivity index (χ4v) is 2.72. The first-order valence-corrected chi connectivity index (χ1v) is 7.72. The van der Waals surface area contributed by atoms with Crippen LogP contribution in [-0.2, 0) is 17.6 Å². The predicted octanol–water partition coefficient (Wildman–Crippen LogP) is 2.60. The first-order chi connectivity index (χ1) is 9.67. The molecule has 0 bridgehead atoms. The zero-order chi connectivity index (χ0) is 14.4. The smallest absolute Gasteiger partial charge is 0.220 e. The summed E-state index contributed by atoms with van der Waals surface area (Å²) < 4.78 is 0. The molecule has 110 valence electrons. The van der Waals surface area contributed by atoms with Crippen LogP contribution in [0.15, 0.2) is 24.3 Å². The molecule has 2 N–H and O–H groups in total. The molecule has 1 aromatic rings. The van der Waals surface area contributed by atoms with E-state index >= 15 is 0 Å². The Bertz CT molecular complexity index is 419. The van der Waals surface area contributed by atoms with E-state index in [1.54, 1.807) is 0 Å². The minimum atomic E-state index is -0.166. The number of benzene rings is 1. The molecule has 1 saturated carbocycles. The van der Waals surface area contributed by atoms with E-state index in [1.165, 1.54) is 11.1 Å². The second-order valence-electron chi connectivity index (χ2n) is 5.74. The standard InChI is InChI=1S/C17H25NO2/c1-2-13-3-5-14(6-4-13)7-12-17(20)18-15-8-10-16(19)11-9-15/h3-6,15-16,19H,2,7-12H2,1H3,(H,18,20). The number of carbonyl (C=O) groups excluding carboxylic acids is 1. The van der Waals surface area contributed by atoms with E-state index in [1.807, 2.05) is 0 Å². The van der Waals surface area contributed by atoms with Gasteiger partial charge in [0.25, 0.3) is 0 Å². The zero-order valence-corrected chi connectivity index (χ0v) is 12.3. The summed E-state index contributed by atoms with van der Waals surface area (Å²) in [4.78, 5) is 11.9. The largest absolute Gasteiger partial charge is 0.393 e. The molecule has 3 heteroatoms. The van der Waals surface area contributed by atoms with E-state index in [-0.39, 0.29) is 18.1 Å². The van der Waals surface area contributed by atoms with Gasteiger partial charge in [-0.05, 0) is 49.7 Å². The van der Waals surface area contributed by atoms with Crippen LogP contribution in [-0.4, -0.2) is 23.2 Å². The SMILES string of the molecule is CCc1ccc(CCC(=O)NC2CCC(O)CC2)cc1. The number of hydrogen-bond acceptors (Lipinski definition) is 2. The van der Waals surface area contributed by atoms with Gasteiger partial charge in [-0.2, -0.15) is 0 Å². The zero-order valence-electron chi connectivity index (χ0n) is 12.3. The van der Waals surface area contributed by atoms with Crippen LogP contribution in [0.4, 0.5) is 0 Å². The summed E-state index contributed by atoms with van der Waals surface area (Å²) in [5.41, 5.74) is 2.55. The Hall–Kier alpha value is -1.35. The molecule has 0 radical (unpaired) electrons. The highest BCUT2D eigenvalue weighted by atomic mass is 16.3. The fourth-order valence-electron chi connectivity index (χ4n) is 2.72. The lowest BCUT2D eigenvalue weighted by molar-refractivity contribution is -0.122. The molecule has 0 unspecified atom stereocenters. The van der Waals surface area contributed by atoms with Crippen LogP contribution >= 0.6 is 0 Å². The van der Waals surface area contributed by atoms with Gasteiger partial charge in [-0.15, -0.1) is 0 Å². The molecular weight excluding hydrogens is 250 g/mol. The van der Waals surface area contributed by atoms with Gasteiger partial charge in [-0.1, -0.05) is 31.2 Å². The number of hydrogen-bond donors (Lipinski definition) is 2. The van der Waals surface area contributed by atoms with Crippen molar-refractivity contribution in [1.82, 2.24) is 5.32 Å². The maximum Gasteiger partial charge on any atom is 0.220 e. The summed E-state index contributed by atoms with van der Waals surface area (Å²) in [6.07, 6.45) is 5.65. The summed E-state index contributed by atoms with van der Waals surface area (Å²) in [5, 5.41) is 12.5. The van der Waals surface area contributed by atoms with Crippen LogP contribution in [0.2, 0.25) is 0 Å². The van der Waals surface area contributed by atoms with Crippen molar-refractivity contribution >= 4 is 5.91 Å². The molecule has 1 aromatic carbocycles. The van der Waals surface area contributed by atoms with E-state index in [0.717, 1.165) is 38.5 Å². The fraction of sp³-hybridized carbons (Fsp3) is 0.588. The van der Waals surface area contributed by atoms with Gasteiger partial charge in [0.15, 0.2) is 0 Å². The van der Waals surface area contributed by atoms with Crippen molar-refractivity contribution < 1.29 is 9.90 Å². The van der Waals surface area contributed by atoms with Crippen molar-refractivity contribution in [1.29, 1.82) is 0 Å². The molecule has 0 heterocycles. The lowest BCUT2D eigenvalue weighted by Gasteiger charge is -2.26. The molecule has 0 saturated heterocycles. The average Bonchev–Trinajstić information content (AvgIpc) is 2.48. The number of aliphatic hydroxyl groups excluding tert-OH is 1. The van der Waals surface area contributed by atoms with Crippen molar-refractivity contribution in [3.05, 3.63) is 35.4 Å². The van der Waals surface area contributed by atoms with E-state index in [2.05, 4.69) is 36.5 Å². The number of aliphatic hydroxyl groups is 1. The first kappa shape index (κ1) is 15.0. The van der Waals surface area contributed by atoms with E-state index in [0.29, 0.717) is 6.42 Å². The van der Waals surface area contributed by atoms with Gasteiger partial charge in [0.05, 0.1) is 6.10 Å². The third-order valence-electron chi connectivity index (χ3n) is 4.13. The van der Waals surface area contributed by atoms with Gasteiger partial charge in [0, 0.05) is 12.5 Å². The number of nitrogens with one attached hydrogen (secondary N) is 1. The van der Waals surface area contributed by atoms with Crippen molar-refractivity contribution in [2.45, 2.75) is 64.0 Å². The maximum atomic E-state index is 11.9. The highest BCUT2D eigenvalue weighted by Crippen LogP contribution is 2.18. The van der Waals surface area contributed by atoms with Crippen LogP contribution in [0.5, 0.6) is 0 Å². The molecule has 20 heavy (non-hydrogen) atoms. The van der Waals surface area contributed by atoms with E-state index in [4.69, 9.17) is 0 Å². The summed E-state index contributed by atoms with van der Waals surface area (Å²) >= 11 is 0. The van der Waals surface area contributed by atoms with Crippen LogP contribution in [0.25, 0.3) is 0 Å². The molecular formula is C17H25NO2. The summed E-state index contributed by atoms with van der Waals surface area (Å²) in [6.45, 7) is 2.14. The number of amides is 1. The van der Waals surface area contributed by atoms with Crippen molar-refractivity contribution in [2.24, 2.45) is 0 Å². The first-order valence-electron chi connectivity index (χ1n) is 7.72. The molecule has 1 fully saturated rings. The normalized spacial score (nSPS) is 22.5. The third-order valence-corrected chi connectivity index (χ3v) is 4.13. The van der Waals surface area contributed by atoms with Gasteiger partial charge in [-0.25, -0.2) is 0 Å². The van der Waals surface area contributed by atoms with Crippen LogP contribution in [0.3, 0.4) is 0 Å². The third kappa shape index (κ3) is 4.64. The molecule has 1 aliphatic rings. The van der Waals surface area contributed by atoms with E-state index in [9.17, 15) is 9.90 Å². The minimum absolute atomic E-state index is 0.131. The lowest BCUT2D eigenvalue weighted by atomic mass is 9.93. The minimum Gasteiger partial charge on any atom is -0.393 e. The predicted molar refractivity (Wildman–Crippen MR) is 80.5 cm³/mol. The molecule has 0 aromatic heterocycles. The van der Waals surface area contributed by atoms with E-state index < -0.39 is 0 Å². The summed E-state index contributed by atoms with van der Waals surface area (Å²) in [7, 11) is 0. The molecule has 3 nitrogen and oxygen atoms in total. The van der Waals surface area contributed by atoms with Crippen molar-refractivity contribution in [3.63, 3.8) is 0 Å². The Morgan fingerprint density at radius 3 is 2.35 bits per heavy atom. The number of aryl methyl sites for hydroxylation is 2. The Kier molecular flexibility index (Phi) is 5.60. The molecule has 0 aliphatic heterocycles. The molecule has 1 amide bonds. The van der Waals surface area contributed by atoms with Crippen molar-refractivity contribution in [2.75, 3.05) is 0 Å². The van der Waals surface area contributed by atoms with Gasteiger partial charge >= 0.3 is 0 Å². The maximum absolute atomic E-state index is 11.9. The Balaban J connectivity index is 1.71. The Morgan fingerprint density at radius 2 is 1.75 bits per heavy atom. The van der Waals surface area contributed by atoms with Gasteiger partial charge in [0.2, 0.25) is 5.91 Å².